The molecule has 0 unspecified atom stereocenters. The minimum atomic E-state index is -0.211. The first-order valence-corrected chi connectivity index (χ1v) is 5.88. The predicted molar refractivity (Wildman–Crippen MR) is 68.4 cm³/mol. The van der Waals surface area contributed by atoms with Crippen LogP contribution in [-0.4, -0.2) is 18.4 Å². The quantitative estimate of drug-likeness (QED) is 0.698. The molecule has 0 spiro atoms. The first-order chi connectivity index (χ1) is 7.27. The number of hydrogen-bond donors (Lipinski definition) is 0. The van der Waals surface area contributed by atoms with Crippen LogP contribution in [0.3, 0.4) is 0 Å². The summed E-state index contributed by atoms with van der Waals surface area (Å²) in [5.41, 5.74) is 0. The SMILES string of the molecule is CC(C)=O.CCCC(C)C.CCOC(C)=O. The average molecular weight is 232 g/mol. The van der Waals surface area contributed by atoms with Crippen molar-refractivity contribution in [1.82, 2.24) is 0 Å². The molecule has 0 aliphatic heterocycles. The van der Waals surface area contributed by atoms with Crippen LogP contribution < -0.4 is 0 Å². The van der Waals surface area contributed by atoms with Crippen LogP contribution in [0.25, 0.3) is 0 Å². The van der Waals surface area contributed by atoms with Gasteiger partial charge in [0.25, 0.3) is 0 Å². The number of rotatable bonds is 3. The van der Waals surface area contributed by atoms with E-state index in [-0.39, 0.29) is 11.8 Å². The van der Waals surface area contributed by atoms with Crippen molar-refractivity contribution in [3.63, 3.8) is 0 Å². The average Bonchev–Trinajstić information content (AvgIpc) is 2.02. The third-order valence-electron chi connectivity index (χ3n) is 1.21. The van der Waals surface area contributed by atoms with Crippen LogP contribution in [0.5, 0.6) is 0 Å². The Bertz CT molecular complexity index is 159. The Morgan fingerprint density at radius 1 is 1.06 bits per heavy atom. The van der Waals surface area contributed by atoms with E-state index in [9.17, 15) is 9.59 Å². The molecule has 0 aromatic rings. The van der Waals surface area contributed by atoms with E-state index in [1.807, 2.05) is 0 Å². The monoisotopic (exact) mass is 232 g/mol. The molecule has 0 saturated carbocycles. The molecule has 0 aliphatic rings. The molecule has 0 atom stereocenters. The third kappa shape index (κ3) is 73.3. The van der Waals surface area contributed by atoms with Crippen LogP contribution in [0.15, 0.2) is 0 Å². The molecule has 0 N–H and O–H groups in total. The summed E-state index contributed by atoms with van der Waals surface area (Å²) in [6.45, 7) is 13.4. The zero-order valence-electron chi connectivity index (χ0n) is 11.9. The van der Waals surface area contributed by atoms with Gasteiger partial charge in [0.1, 0.15) is 5.78 Å². The lowest BCUT2D eigenvalue weighted by atomic mass is 10.1. The van der Waals surface area contributed by atoms with Gasteiger partial charge in [-0.15, -0.1) is 0 Å². The third-order valence-corrected chi connectivity index (χ3v) is 1.21. The van der Waals surface area contributed by atoms with E-state index in [4.69, 9.17) is 0 Å². The Hall–Kier alpha value is -0.860. The molecule has 3 heteroatoms. The summed E-state index contributed by atoms with van der Waals surface area (Å²) in [5.74, 6) is 0.854. The second kappa shape index (κ2) is 16.6. The van der Waals surface area contributed by atoms with Crippen molar-refractivity contribution in [2.45, 2.75) is 61.3 Å². The topological polar surface area (TPSA) is 43.4 Å². The van der Waals surface area contributed by atoms with E-state index >= 15 is 0 Å². The first-order valence-electron chi connectivity index (χ1n) is 5.88. The summed E-state index contributed by atoms with van der Waals surface area (Å²) in [5, 5.41) is 0. The molecule has 0 radical (unpaired) electrons. The fraction of sp³-hybridized carbons (Fsp3) is 0.846. The van der Waals surface area contributed by atoms with Gasteiger partial charge in [0, 0.05) is 6.92 Å². The molecule has 0 aromatic carbocycles. The van der Waals surface area contributed by atoms with Crippen LogP contribution in [0.2, 0.25) is 0 Å². The second-order valence-corrected chi connectivity index (χ2v) is 4.02. The lowest BCUT2D eigenvalue weighted by Crippen LogP contribution is -1.95. The lowest BCUT2D eigenvalue weighted by molar-refractivity contribution is -0.140. The highest BCUT2D eigenvalue weighted by Crippen LogP contribution is 2.00. The Morgan fingerprint density at radius 2 is 1.44 bits per heavy atom. The molecule has 3 nitrogen and oxygen atoms in total. The minimum Gasteiger partial charge on any atom is -0.466 e. The van der Waals surface area contributed by atoms with Gasteiger partial charge in [-0.25, -0.2) is 0 Å². The van der Waals surface area contributed by atoms with E-state index in [1.54, 1.807) is 6.92 Å². The van der Waals surface area contributed by atoms with Gasteiger partial charge in [-0.3, -0.25) is 4.79 Å². The molecule has 0 bridgehead atoms. The maximum Gasteiger partial charge on any atom is 0.302 e. The van der Waals surface area contributed by atoms with Crippen molar-refractivity contribution in [2.75, 3.05) is 6.61 Å². The van der Waals surface area contributed by atoms with Gasteiger partial charge in [0.15, 0.2) is 0 Å². The van der Waals surface area contributed by atoms with Crippen LogP contribution in [0, 0.1) is 5.92 Å². The molecule has 0 amide bonds. The van der Waals surface area contributed by atoms with Crippen LogP contribution in [0.4, 0.5) is 0 Å². The second-order valence-electron chi connectivity index (χ2n) is 4.02. The van der Waals surface area contributed by atoms with Gasteiger partial charge >= 0.3 is 5.97 Å². The van der Waals surface area contributed by atoms with Crippen molar-refractivity contribution >= 4 is 11.8 Å². The van der Waals surface area contributed by atoms with Gasteiger partial charge in [0.05, 0.1) is 6.61 Å². The standard InChI is InChI=1S/C6H14.C4H8O2.C3H6O/c1-4-5-6(2)3;1-3-6-4(2)5;1-3(2)4/h6H,4-5H2,1-3H3;3H2,1-2H3;1-2H3. The smallest absolute Gasteiger partial charge is 0.302 e. The Labute approximate surface area is 101 Å². The normalized spacial score (nSPS) is 8.25. The summed E-state index contributed by atoms with van der Waals surface area (Å²) in [6.07, 6.45) is 2.71. The van der Waals surface area contributed by atoms with Gasteiger partial charge in [-0.1, -0.05) is 33.6 Å². The summed E-state index contributed by atoms with van der Waals surface area (Å²) in [6, 6.07) is 0. The molecular formula is C13H28O3. The van der Waals surface area contributed by atoms with Crippen LogP contribution in [-0.2, 0) is 14.3 Å². The van der Waals surface area contributed by atoms with E-state index in [1.165, 1.54) is 33.6 Å². The summed E-state index contributed by atoms with van der Waals surface area (Å²) < 4.78 is 4.40. The van der Waals surface area contributed by atoms with Crippen molar-refractivity contribution in [2.24, 2.45) is 5.92 Å². The number of carbonyl (C=O) groups excluding carboxylic acids is 2. The number of Topliss-reactive ketones (excluding diaryl/α,β-unsaturated/α-hetero) is 1. The maximum absolute atomic E-state index is 9.82. The fourth-order valence-electron chi connectivity index (χ4n) is 0.781. The van der Waals surface area contributed by atoms with E-state index in [0.717, 1.165) is 5.92 Å². The lowest BCUT2D eigenvalue weighted by Gasteiger charge is -1.95. The number of ketones is 1. The van der Waals surface area contributed by atoms with Crippen molar-refractivity contribution < 1.29 is 14.3 Å². The van der Waals surface area contributed by atoms with Crippen LogP contribution in [0.1, 0.15) is 61.3 Å². The van der Waals surface area contributed by atoms with E-state index in [2.05, 4.69) is 25.5 Å². The number of carbonyl (C=O) groups is 2. The van der Waals surface area contributed by atoms with Crippen molar-refractivity contribution in [3.05, 3.63) is 0 Å². The highest BCUT2D eigenvalue weighted by molar-refractivity contribution is 5.72. The van der Waals surface area contributed by atoms with Crippen molar-refractivity contribution in [1.29, 1.82) is 0 Å². The molecule has 0 saturated heterocycles. The largest absolute Gasteiger partial charge is 0.466 e. The number of hydrogen-bond acceptors (Lipinski definition) is 3. The van der Waals surface area contributed by atoms with E-state index < -0.39 is 0 Å². The molecule has 16 heavy (non-hydrogen) atoms. The molecule has 0 rings (SSSR count). The fourth-order valence-corrected chi connectivity index (χ4v) is 0.781. The maximum atomic E-state index is 9.82. The Kier molecular flexibility index (Phi) is 21.3. The number of esters is 1. The zero-order valence-corrected chi connectivity index (χ0v) is 11.9. The summed E-state index contributed by atoms with van der Waals surface area (Å²) in [4.78, 5) is 19.3. The van der Waals surface area contributed by atoms with Gasteiger partial charge < -0.3 is 9.53 Å². The van der Waals surface area contributed by atoms with Crippen molar-refractivity contribution in [3.8, 4) is 0 Å². The van der Waals surface area contributed by atoms with Crippen LogP contribution >= 0.6 is 0 Å². The predicted octanol–water partition coefficient (Wildman–Crippen LogP) is 3.61. The molecule has 0 aliphatic carbocycles. The molecule has 98 valence electrons. The Balaban J connectivity index is -0.000000162. The Morgan fingerprint density at radius 3 is 1.44 bits per heavy atom. The van der Waals surface area contributed by atoms with Gasteiger partial charge in [0.2, 0.25) is 0 Å². The molecule has 0 aromatic heterocycles. The molecular weight excluding hydrogens is 204 g/mol. The van der Waals surface area contributed by atoms with Gasteiger partial charge in [-0.2, -0.15) is 0 Å². The number of ether oxygens (including phenoxy) is 1. The molecule has 0 heterocycles. The minimum absolute atomic E-state index is 0.167. The summed E-state index contributed by atoms with van der Waals surface area (Å²) in [7, 11) is 0. The van der Waals surface area contributed by atoms with Gasteiger partial charge in [-0.05, 0) is 26.7 Å². The molecule has 0 fully saturated rings. The first kappa shape index (κ1) is 20.5. The summed E-state index contributed by atoms with van der Waals surface area (Å²) >= 11 is 0. The zero-order chi connectivity index (χ0) is 13.6. The highest BCUT2D eigenvalue weighted by atomic mass is 16.5. The highest BCUT2D eigenvalue weighted by Gasteiger charge is 1.85. The van der Waals surface area contributed by atoms with E-state index in [0.29, 0.717) is 6.61 Å².